The summed E-state index contributed by atoms with van der Waals surface area (Å²) in [6.07, 6.45) is 3.12. The standard InChI is InChI=1S/C13H13N3O3/c1-19-11-5-4-9(8-16-11)7-15-10-3-2-6-14-12(10)13(17)18/h2-6,8,15H,7H2,1H3,(H,17,18). The van der Waals surface area contributed by atoms with Crippen molar-refractivity contribution in [2.75, 3.05) is 12.4 Å². The molecule has 6 nitrogen and oxygen atoms in total. The lowest BCUT2D eigenvalue weighted by atomic mass is 10.2. The van der Waals surface area contributed by atoms with Crippen LogP contribution in [0.2, 0.25) is 0 Å². The summed E-state index contributed by atoms with van der Waals surface area (Å²) >= 11 is 0. The predicted molar refractivity (Wildman–Crippen MR) is 69.3 cm³/mol. The van der Waals surface area contributed by atoms with Gasteiger partial charge in [-0.15, -0.1) is 0 Å². The molecule has 19 heavy (non-hydrogen) atoms. The maximum absolute atomic E-state index is 11.0. The minimum absolute atomic E-state index is 0.00368. The van der Waals surface area contributed by atoms with Gasteiger partial charge in [0.25, 0.3) is 0 Å². The lowest BCUT2D eigenvalue weighted by Crippen LogP contribution is -2.08. The van der Waals surface area contributed by atoms with Crippen LogP contribution in [0, 0.1) is 0 Å². The van der Waals surface area contributed by atoms with E-state index in [1.807, 2.05) is 6.07 Å². The molecule has 0 bridgehead atoms. The summed E-state index contributed by atoms with van der Waals surface area (Å²) in [7, 11) is 1.55. The topological polar surface area (TPSA) is 84.3 Å². The Hall–Kier alpha value is -2.63. The number of pyridine rings is 2. The van der Waals surface area contributed by atoms with Crippen LogP contribution >= 0.6 is 0 Å². The van der Waals surface area contributed by atoms with E-state index in [0.717, 1.165) is 5.56 Å². The number of rotatable bonds is 5. The van der Waals surface area contributed by atoms with Gasteiger partial charge in [0.2, 0.25) is 5.88 Å². The molecule has 0 unspecified atom stereocenters. The number of aromatic carboxylic acids is 1. The summed E-state index contributed by atoms with van der Waals surface area (Å²) < 4.78 is 4.96. The molecule has 0 saturated carbocycles. The molecule has 0 radical (unpaired) electrons. The van der Waals surface area contributed by atoms with Crippen LogP contribution in [0.5, 0.6) is 5.88 Å². The van der Waals surface area contributed by atoms with Gasteiger partial charge in [0.05, 0.1) is 12.8 Å². The van der Waals surface area contributed by atoms with Gasteiger partial charge >= 0.3 is 5.97 Å². The molecule has 0 amide bonds. The predicted octanol–water partition coefficient (Wildman–Crippen LogP) is 1.80. The molecule has 0 atom stereocenters. The normalized spacial score (nSPS) is 9.95. The summed E-state index contributed by atoms with van der Waals surface area (Å²) in [6.45, 7) is 0.461. The third-order valence-electron chi connectivity index (χ3n) is 2.50. The van der Waals surface area contributed by atoms with Gasteiger partial charge in [-0.3, -0.25) is 0 Å². The number of hydrogen-bond donors (Lipinski definition) is 2. The fourth-order valence-electron chi connectivity index (χ4n) is 1.55. The van der Waals surface area contributed by atoms with Crippen LogP contribution in [-0.2, 0) is 6.54 Å². The van der Waals surface area contributed by atoms with E-state index in [9.17, 15) is 4.79 Å². The summed E-state index contributed by atoms with van der Waals surface area (Å²) in [5.74, 6) is -0.521. The van der Waals surface area contributed by atoms with Gasteiger partial charge < -0.3 is 15.2 Å². The van der Waals surface area contributed by atoms with E-state index in [-0.39, 0.29) is 5.69 Å². The number of nitrogens with one attached hydrogen (secondary N) is 1. The zero-order valence-corrected chi connectivity index (χ0v) is 10.3. The van der Waals surface area contributed by atoms with Crippen LogP contribution in [0.4, 0.5) is 5.69 Å². The first-order valence-corrected chi connectivity index (χ1v) is 5.62. The van der Waals surface area contributed by atoms with Crippen LogP contribution in [0.25, 0.3) is 0 Å². The second kappa shape index (κ2) is 5.81. The van der Waals surface area contributed by atoms with E-state index < -0.39 is 5.97 Å². The van der Waals surface area contributed by atoms with Gasteiger partial charge in [0.1, 0.15) is 0 Å². The van der Waals surface area contributed by atoms with Gasteiger partial charge in [-0.05, 0) is 17.7 Å². The van der Waals surface area contributed by atoms with Crippen molar-refractivity contribution in [2.45, 2.75) is 6.54 Å². The summed E-state index contributed by atoms with van der Waals surface area (Å²) in [5, 5.41) is 12.0. The van der Waals surface area contributed by atoms with Crippen molar-refractivity contribution in [3.8, 4) is 5.88 Å². The molecule has 2 rings (SSSR count). The van der Waals surface area contributed by atoms with Crippen LogP contribution < -0.4 is 10.1 Å². The summed E-state index contributed by atoms with van der Waals surface area (Å²) in [5.41, 5.74) is 1.40. The van der Waals surface area contributed by atoms with Gasteiger partial charge in [0.15, 0.2) is 5.69 Å². The maximum atomic E-state index is 11.0. The first-order chi connectivity index (χ1) is 9.20. The van der Waals surface area contributed by atoms with E-state index >= 15 is 0 Å². The average Bonchev–Trinajstić information content (AvgIpc) is 2.46. The van der Waals surface area contributed by atoms with E-state index in [4.69, 9.17) is 9.84 Å². The summed E-state index contributed by atoms with van der Waals surface area (Å²) in [4.78, 5) is 18.9. The third-order valence-corrected chi connectivity index (χ3v) is 2.50. The van der Waals surface area contributed by atoms with Crippen molar-refractivity contribution in [2.24, 2.45) is 0 Å². The Kier molecular flexibility index (Phi) is 3.92. The molecule has 0 aliphatic carbocycles. The Morgan fingerprint density at radius 1 is 1.37 bits per heavy atom. The van der Waals surface area contributed by atoms with Crippen molar-refractivity contribution in [1.82, 2.24) is 9.97 Å². The van der Waals surface area contributed by atoms with Crippen molar-refractivity contribution in [1.29, 1.82) is 0 Å². The second-order valence-corrected chi connectivity index (χ2v) is 3.77. The Balaban J connectivity index is 2.07. The fourth-order valence-corrected chi connectivity index (χ4v) is 1.55. The number of nitrogens with zero attached hydrogens (tertiary/aromatic N) is 2. The summed E-state index contributed by atoms with van der Waals surface area (Å²) in [6, 6.07) is 6.96. The highest BCUT2D eigenvalue weighted by molar-refractivity contribution is 5.91. The molecular formula is C13H13N3O3. The van der Waals surface area contributed by atoms with Crippen LogP contribution in [-0.4, -0.2) is 28.2 Å². The number of ether oxygens (including phenoxy) is 1. The lowest BCUT2D eigenvalue weighted by molar-refractivity contribution is 0.0691. The van der Waals surface area contributed by atoms with Crippen LogP contribution in [0.1, 0.15) is 16.1 Å². The van der Waals surface area contributed by atoms with Crippen molar-refractivity contribution in [3.05, 3.63) is 47.9 Å². The van der Waals surface area contributed by atoms with Crippen LogP contribution in [0.3, 0.4) is 0 Å². The minimum Gasteiger partial charge on any atom is -0.481 e. The highest BCUT2D eigenvalue weighted by Crippen LogP contribution is 2.14. The number of hydrogen-bond acceptors (Lipinski definition) is 5. The zero-order chi connectivity index (χ0) is 13.7. The Bertz CT molecular complexity index is 570. The van der Waals surface area contributed by atoms with E-state index in [1.165, 1.54) is 6.20 Å². The number of carbonyl (C=O) groups is 1. The first kappa shape index (κ1) is 12.8. The molecule has 2 heterocycles. The number of aromatic nitrogens is 2. The number of carboxylic acids is 1. The molecule has 0 aliphatic heterocycles. The average molecular weight is 259 g/mol. The van der Waals surface area contributed by atoms with Crippen LogP contribution in [0.15, 0.2) is 36.7 Å². The molecule has 98 valence electrons. The van der Waals surface area contributed by atoms with E-state index in [2.05, 4.69) is 15.3 Å². The van der Waals surface area contributed by atoms with Crippen molar-refractivity contribution in [3.63, 3.8) is 0 Å². The molecule has 2 N–H and O–H groups in total. The third kappa shape index (κ3) is 3.19. The molecule has 0 aliphatic rings. The first-order valence-electron chi connectivity index (χ1n) is 5.62. The zero-order valence-electron chi connectivity index (χ0n) is 10.3. The second-order valence-electron chi connectivity index (χ2n) is 3.77. The van der Waals surface area contributed by atoms with Gasteiger partial charge in [-0.1, -0.05) is 6.07 Å². The number of anilines is 1. The molecule has 2 aromatic rings. The van der Waals surface area contributed by atoms with E-state index in [1.54, 1.807) is 31.5 Å². The smallest absolute Gasteiger partial charge is 0.356 e. The fraction of sp³-hybridized carbons (Fsp3) is 0.154. The molecular weight excluding hydrogens is 246 g/mol. The molecule has 6 heteroatoms. The molecule has 0 fully saturated rings. The number of methoxy groups -OCH3 is 1. The minimum atomic E-state index is -1.06. The molecule has 2 aromatic heterocycles. The lowest BCUT2D eigenvalue weighted by Gasteiger charge is -2.08. The Morgan fingerprint density at radius 2 is 2.21 bits per heavy atom. The van der Waals surface area contributed by atoms with Gasteiger partial charge in [-0.2, -0.15) is 0 Å². The highest BCUT2D eigenvalue weighted by atomic mass is 16.5. The Labute approximate surface area is 110 Å². The molecule has 0 saturated heterocycles. The van der Waals surface area contributed by atoms with Crippen molar-refractivity contribution >= 4 is 11.7 Å². The van der Waals surface area contributed by atoms with E-state index in [0.29, 0.717) is 18.1 Å². The SMILES string of the molecule is COc1ccc(CNc2cccnc2C(=O)O)cn1. The maximum Gasteiger partial charge on any atom is 0.356 e. The Morgan fingerprint density at radius 3 is 2.84 bits per heavy atom. The largest absolute Gasteiger partial charge is 0.481 e. The van der Waals surface area contributed by atoms with Gasteiger partial charge in [0, 0.05) is 25.0 Å². The monoisotopic (exact) mass is 259 g/mol. The molecule has 0 aromatic carbocycles. The quantitative estimate of drug-likeness (QED) is 0.851. The van der Waals surface area contributed by atoms with Gasteiger partial charge in [-0.25, -0.2) is 14.8 Å². The molecule has 0 spiro atoms. The number of carboxylic acid groups (broad SMARTS) is 1. The van der Waals surface area contributed by atoms with Crippen molar-refractivity contribution < 1.29 is 14.6 Å². The highest BCUT2D eigenvalue weighted by Gasteiger charge is 2.10.